The topological polar surface area (TPSA) is 278 Å². The van der Waals surface area contributed by atoms with Crippen molar-refractivity contribution in [1.82, 2.24) is 69.0 Å². The highest BCUT2D eigenvalue weighted by molar-refractivity contribution is 6.35. The Morgan fingerprint density at radius 3 is 1.60 bits per heavy atom. The normalized spacial score (nSPS) is 10.6. The number of H-pyrrole nitrogens is 3. The monoisotopic (exact) mass is 887 g/mol. The van der Waals surface area contributed by atoms with Crippen molar-refractivity contribution in [3.63, 3.8) is 0 Å². The lowest BCUT2D eigenvalue weighted by Gasteiger charge is -1.96. The van der Waals surface area contributed by atoms with Gasteiger partial charge in [0.25, 0.3) is 17.0 Å². The molecule has 7 heterocycles. The number of nitrogens with two attached hydrogens (primary N) is 2. The zero-order chi connectivity index (χ0) is 43.0. The molecule has 0 aliphatic heterocycles. The molecule has 0 atom stereocenters. The molecule has 3 radical (unpaired) electrons. The summed E-state index contributed by atoms with van der Waals surface area (Å²) in [6.45, 7) is 8.18. The summed E-state index contributed by atoms with van der Waals surface area (Å²) in [5, 5.41) is 17.6. The van der Waals surface area contributed by atoms with Crippen LogP contribution < -0.4 is 28.3 Å². The van der Waals surface area contributed by atoms with Gasteiger partial charge in [0.1, 0.15) is 27.8 Å². The van der Waals surface area contributed by atoms with Crippen LogP contribution in [0.5, 0.6) is 0 Å². The van der Waals surface area contributed by atoms with Gasteiger partial charge >= 0.3 is 5.69 Å². The number of hydrogen-bond acceptors (Lipinski definition) is 12. The van der Waals surface area contributed by atoms with Crippen LogP contribution in [0.1, 0.15) is 94.1 Å². The number of carbonyl (C=O) groups excluding carboxylic acids is 1. The van der Waals surface area contributed by atoms with E-state index in [0.29, 0.717) is 38.6 Å². The number of fused-ring (bicyclic) bond motifs is 3. The van der Waals surface area contributed by atoms with Crippen molar-refractivity contribution in [2.24, 2.45) is 33.9 Å². The molecule has 0 unspecified atom stereocenters. The van der Waals surface area contributed by atoms with E-state index < -0.39 is 17.2 Å². The summed E-state index contributed by atoms with van der Waals surface area (Å²) in [5.41, 5.74) is 17.2. The zero-order valence-electron chi connectivity index (χ0n) is 34.1. The SMILES string of the molecule is C.CCCc1nn(C)c(C(N)=O)c1N.CCCc1nn(C)c2c(=O)[nH]c(=O)[nH]c12.CCCc1nn(C)c2c(=O)[nH]c(Cl)nc12.CCCc1nn(C)c2c(Cl)nc(Cl)nc12.[B]. The fraction of sp³-hybridized carbons (Fsp3) is 0.472. The number of halogens is 3. The van der Waals surface area contributed by atoms with E-state index in [-0.39, 0.29) is 32.0 Å². The van der Waals surface area contributed by atoms with Gasteiger partial charge in [-0.25, -0.2) is 19.7 Å². The van der Waals surface area contributed by atoms with Gasteiger partial charge in [-0.2, -0.15) is 20.4 Å². The first-order valence-corrected chi connectivity index (χ1v) is 19.6. The summed E-state index contributed by atoms with van der Waals surface area (Å²) >= 11 is 17.4. The second-order valence-corrected chi connectivity index (χ2v) is 14.1. The number of aromatic amines is 3. The van der Waals surface area contributed by atoms with E-state index in [4.69, 9.17) is 46.3 Å². The van der Waals surface area contributed by atoms with Gasteiger partial charge < -0.3 is 16.5 Å². The predicted octanol–water partition coefficient (Wildman–Crippen LogP) is 4.10. The Balaban J connectivity index is 0.000000273. The maximum atomic E-state index is 11.6. The number of amides is 1. The van der Waals surface area contributed by atoms with Gasteiger partial charge in [0, 0.05) is 36.6 Å². The largest absolute Gasteiger partial charge is 0.395 e. The average molecular weight is 889 g/mol. The first kappa shape index (κ1) is 50.6. The second-order valence-electron chi connectivity index (χ2n) is 13.1. The van der Waals surface area contributed by atoms with Crippen molar-refractivity contribution in [2.45, 2.75) is 86.5 Å². The molecule has 1 amide bonds. The highest BCUT2D eigenvalue weighted by Crippen LogP contribution is 2.25. The Morgan fingerprint density at radius 2 is 1.07 bits per heavy atom. The van der Waals surface area contributed by atoms with Gasteiger partial charge in [0.2, 0.25) is 10.6 Å². The maximum Gasteiger partial charge on any atom is 0.326 e. The molecule has 0 saturated carbocycles. The molecular formula is C36H51BCl3N16O4. The average Bonchev–Trinajstić information content (AvgIpc) is 3.82. The van der Waals surface area contributed by atoms with Crippen LogP contribution in [0.25, 0.3) is 33.1 Å². The number of nitrogen functional groups attached to an aromatic ring is 1. The lowest BCUT2D eigenvalue weighted by molar-refractivity contribution is 0.0992. The number of aryl methyl sites for hydroxylation is 8. The number of nitrogens with zero attached hydrogens (tertiary/aromatic N) is 11. The first-order valence-electron chi connectivity index (χ1n) is 18.4. The summed E-state index contributed by atoms with van der Waals surface area (Å²) < 4.78 is 6.17. The van der Waals surface area contributed by atoms with E-state index >= 15 is 0 Å². The number of anilines is 1. The minimum atomic E-state index is -0.533. The molecule has 323 valence electrons. The van der Waals surface area contributed by atoms with E-state index in [1.54, 1.807) is 30.5 Å². The Kier molecular flexibility index (Phi) is 18.7. The van der Waals surface area contributed by atoms with Crippen molar-refractivity contribution >= 4 is 87.9 Å². The van der Waals surface area contributed by atoms with E-state index in [1.807, 2.05) is 20.9 Å². The van der Waals surface area contributed by atoms with Crippen LogP contribution in [0.3, 0.4) is 0 Å². The van der Waals surface area contributed by atoms with Gasteiger partial charge in [-0.1, -0.05) is 72.4 Å². The molecule has 7 rings (SSSR count). The fourth-order valence-electron chi connectivity index (χ4n) is 6.20. The third kappa shape index (κ3) is 11.4. The van der Waals surface area contributed by atoms with Gasteiger partial charge in [-0.3, -0.25) is 43.1 Å². The second kappa shape index (κ2) is 22.2. The third-order valence-electron chi connectivity index (χ3n) is 8.56. The number of aromatic nitrogens is 14. The fourth-order valence-corrected chi connectivity index (χ4v) is 6.87. The quantitative estimate of drug-likeness (QED) is 0.0779. The van der Waals surface area contributed by atoms with Crippen LogP contribution in [-0.4, -0.2) is 83.3 Å². The van der Waals surface area contributed by atoms with E-state index in [0.717, 1.165) is 85.2 Å². The van der Waals surface area contributed by atoms with Crippen molar-refractivity contribution in [2.75, 3.05) is 5.73 Å². The van der Waals surface area contributed by atoms with Crippen LogP contribution in [0.2, 0.25) is 15.7 Å². The molecule has 0 aliphatic rings. The summed E-state index contributed by atoms with van der Waals surface area (Å²) in [6, 6.07) is 0. The summed E-state index contributed by atoms with van der Waals surface area (Å²) in [4.78, 5) is 64.6. The molecule has 7 N–H and O–H groups in total. The Morgan fingerprint density at radius 1 is 0.617 bits per heavy atom. The maximum absolute atomic E-state index is 11.6. The summed E-state index contributed by atoms with van der Waals surface area (Å²) in [5.74, 6) is -0.533. The molecular weight excluding hydrogens is 838 g/mol. The van der Waals surface area contributed by atoms with Crippen LogP contribution in [0.15, 0.2) is 14.4 Å². The van der Waals surface area contributed by atoms with Crippen molar-refractivity contribution in [3.05, 3.63) is 75.4 Å². The highest BCUT2D eigenvalue weighted by Gasteiger charge is 2.18. The number of primary amides is 1. The number of rotatable bonds is 9. The van der Waals surface area contributed by atoms with Crippen LogP contribution >= 0.6 is 34.8 Å². The first-order chi connectivity index (χ1) is 27.5. The Hall–Kier alpha value is -5.54. The predicted molar refractivity (Wildman–Crippen MR) is 237 cm³/mol. The standard InChI is InChI=1S/C9H10Cl2N4.C9H11ClN4O.C9H12N4O2.C8H14N4O.CH4.B/c1-3-4-5-6-7(15(2)14-5)8(10)13-9(11)12-6;1-3-4-5-6-7(14(2)13-5)8(15)12-9(10)11-6;1-3-4-5-6-7(13(2)12-5)8(14)11-9(15)10-6;1-3-4-5-6(9)7(8(10)13)12(2)11-5;;/h3-4H2,1-2H3;3-4H2,1-2H3,(H,11,12,15);3-4H2,1-2H3,(H2,10,11,14,15);3-4,9H2,1-2H3,(H2,10,13);1H4;. The van der Waals surface area contributed by atoms with Crippen molar-refractivity contribution in [3.8, 4) is 0 Å². The van der Waals surface area contributed by atoms with Gasteiger partial charge in [0.15, 0.2) is 10.7 Å². The Bertz CT molecular complexity index is 2750. The molecule has 0 aromatic carbocycles. The van der Waals surface area contributed by atoms with Crippen LogP contribution in [0.4, 0.5) is 5.69 Å². The molecule has 0 aliphatic carbocycles. The molecule has 20 nitrogen and oxygen atoms in total. The third-order valence-corrected chi connectivity index (χ3v) is 9.17. The smallest absolute Gasteiger partial charge is 0.326 e. The van der Waals surface area contributed by atoms with Gasteiger partial charge in [0.05, 0.1) is 34.0 Å². The van der Waals surface area contributed by atoms with Gasteiger partial charge in [-0.15, -0.1) is 0 Å². The van der Waals surface area contributed by atoms with Crippen molar-refractivity contribution in [1.29, 1.82) is 0 Å². The van der Waals surface area contributed by atoms with E-state index in [1.165, 1.54) is 9.36 Å². The summed E-state index contributed by atoms with van der Waals surface area (Å²) in [6.07, 6.45) is 7.00. The van der Waals surface area contributed by atoms with Gasteiger partial charge in [-0.05, 0) is 48.9 Å². The minimum absolute atomic E-state index is 0. The highest BCUT2D eigenvalue weighted by atomic mass is 35.5. The number of hydrogen-bond donors (Lipinski definition) is 5. The number of carbonyl (C=O) groups is 1. The minimum Gasteiger partial charge on any atom is -0.395 e. The lowest BCUT2D eigenvalue weighted by Crippen LogP contribution is -2.22. The van der Waals surface area contributed by atoms with E-state index in [9.17, 15) is 19.2 Å². The van der Waals surface area contributed by atoms with Crippen molar-refractivity contribution < 1.29 is 4.79 Å². The number of nitrogens with one attached hydrogen (secondary N) is 3. The molecule has 0 bridgehead atoms. The lowest BCUT2D eigenvalue weighted by atomic mass is 10.2. The van der Waals surface area contributed by atoms with Crippen LogP contribution in [0, 0.1) is 0 Å². The molecule has 60 heavy (non-hydrogen) atoms. The van der Waals surface area contributed by atoms with Crippen LogP contribution in [-0.2, 0) is 53.9 Å². The molecule has 7 aromatic heterocycles. The van der Waals surface area contributed by atoms with E-state index in [2.05, 4.69) is 64.1 Å². The molecule has 7 aromatic rings. The molecule has 0 fully saturated rings. The molecule has 0 saturated heterocycles. The Labute approximate surface area is 362 Å². The molecule has 0 spiro atoms. The summed E-state index contributed by atoms with van der Waals surface area (Å²) in [7, 11) is 6.90. The zero-order valence-corrected chi connectivity index (χ0v) is 36.3. The molecule has 24 heteroatoms.